The molecule has 0 N–H and O–H groups in total. The molecule has 13 rings (SSSR count). The standard InChI is InChI=1S/C65H46N2S/c1-65(2)59-24-14-12-22-55(59)56-36-35-53(42-60(56)65)66(51-31-26-46(27-32-51)43-16-6-3-7-17-43)52-33-28-47(29-34-52)48-30-37-61-58(41-48)64-63(57-23-13-15-25-62(57)68-64)67(61)54-39-49(44-18-8-4-9-19-44)38-50(40-54)45-20-10-5-11-21-45/h3-42H,1-2H3. The Labute approximate surface area is 401 Å². The van der Waals surface area contributed by atoms with E-state index in [0.29, 0.717) is 0 Å². The molecular formula is C65H46N2S. The van der Waals surface area contributed by atoms with Gasteiger partial charge in [-0.05, 0) is 140 Å². The topological polar surface area (TPSA) is 8.17 Å². The lowest BCUT2D eigenvalue weighted by Crippen LogP contribution is -2.16. The molecular weight excluding hydrogens is 841 g/mol. The van der Waals surface area contributed by atoms with Crippen molar-refractivity contribution < 1.29 is 0 Å². The van der Waals surface area contributed by atoms with Crippen molar-refractivity contribution >= 4 is 59.6 Å². The van der Waals surface area contributed by atoms with Crippen LogP contribution in [-0.2, 0) is 5.41 Å². The van der Waals surface area contributed by atoms with Crippen LogP contribution >= 0.6 is 11.3 Å². The Morgan fingerprint density at radius 3 is 1.51 bits per heavy atom. The van der Waals surface area contributed by atoms with E-state index in [1.807, 2.05) is 11.3 Å². The lowest BCUT2D eigenvalue weighted by Gasteiger charge is -2.28. The van der Waals surface area contributed by atoms with Gasteiger partial charge in [0, 0.05) is 43.6 Å². The van der Waals surface area contributed by atoms with Gasteiger partial charge in [0.05, 0.1) is 15.7 Å². The molecule has 68 heavy (non-hydrogen) atoms. The first-order valence-corrected chi connectivity index (χ1v) is 24.3. The minimum Gasteiger partial charge on any atom is -0.310 e. The van der Waals surface area contributed by atoms with Crippen molar-refractivity contribution in [3.8, 4) is 61.3 Å². The molecule has 0 radical (unpaired) electrons. The molecule has 1 aliphatic rings. The number of rotatable bonds is 8. The van der Waals surface area contributed by atoms with Crippen molar-refractivity contribution in [2.24, 2.45) is 0 Å². The van der Waals surface area contributed by atoms with Gasteiger partial charge >= 0.3 is 0 Å². The number of aromatic nitrogens is 1. The van der Waals surface area contributed by atoms with E-state index >= 15 is 0 Å². The predicted molar refractivity (Wildman–Crippen MR) is 290 cm³/mol. The molecule has 322 valence electrons. The Morgan fingerprint density at radius 1 is 0.368 bits per heavy atom. The fraction of sp³-hybridized carbons (Fsp3) is 0.0462. The van der Waals surface area contributed by atoms with Crippen molar-refractivity contribution in [1.82, 2.24) is 4.57 Å². The molecule has 12 aromatic rings. The van der Waals surface area contributed by atoms with Crippen LogP contribution in [0.5, 0.6) is 0 Å². The van der Waals surface area contributed by atoms with Crippen LogP contribution in [0.15, 0.2) is 243 Å². The largest absolute Gasteiger partial charge is 0.310 e. The van der Waals surface area contributed by atoms with Crippen LogP contribution in [0.2, 0.25) is 0 Å². The van der Waals surface area contributed by atoms with E-state index in [9.17, 15) is 0 Å². The van der Waals surface area contributed by atoms with Crippen LogP contribution in [-0.4, -0.2) is 4.57 Å². The third kappa shape index (κ3) is 6.61. The predicted octanol–water partition coefficient (Wildman–Crippen LogP) is 18.4. The monoisotopic (exact) mass is 886 g/mol. The zero-order chi connectivity index (χ0) is 45.3. The van der Waals surface area contributed by atoms with Gasteiger partial charge in [-0.15, -0.1) is 11.3 Å². The van der Waals surface area contributed by atoms with Crippen molar-refractivity contribution in [1.29, 1.82) is 0 Å². The highest BCUT2D eigenvalue weighted by molar-refractivity contribution is 7.26. The number of anilines is 3. The van der Waals surface area contributed by atoms with E-state index in [-0.39, 0.29) is 5.41 Å². The molecule has 1 aliphatic carbocycles. The fourth-order valence-corrected chi connectivity index (χ4v) is 12.0. The Hall–Kier alpha value is -8.24. The summed E-state index contributed by atoms with van der Waals surface area (Å²) in [4.78, 5) is 2.41. The van der Waals surface area contributed by atoms with Gasteiger partial charge in [-0.25, -0.2) is 0 Å². The van der Waals surface area contributed by atoms with Crippen molar-refractivity contribution in [2.45, 2.75) is 19.3 Å². The molecule has 0 saturated carbocycles. The maximum absolute atomic E-state index is 2.51. The van der Waals surface area contributed by atoms with Crippen LogP contribution in [0.1, 0.15) is 25.0 Å². The summed E-state index contributed by atoms with van der Waals surface area (Å²) in [5.41, 5.74) is 21.9. The third-order valence-corrected chi connectivity index (χ3v) is 15.4. The molecule has 2 nitrogen and oxygen atoms in total. The van der Waals surface area contributed by atoms with Crippen molar-refractivity contribution in [2.75, 3.05) is 4.90 Å². The van der Waals surface area contributed by atoms with Gasteiger partial charge in [0.15, 0.2) is 0 Å². The molecule has 0 fully saturated rings. The minimum atomic E-state index is -0.110. The Morgan fingerprint density at radius 2 is 0.868 bits per heavy atom. The summed E-state index contributed by atoms with van der Waals surface area (Å²) >= 11 is 1.89. The molecule has 0 unspecified atom stereocenters. The van der Waals surface area contributed by atoms with E-state index in [2.05, 4.69) is 266 Å². The molecule has 2 aromatic heterocycles. The quantitative estimate of drug-likeness (QED) is 0.148. The minimum absolute atomic E-state index is 0.110. The van der Waals surface area contributed by atoms with Crippen LogP contribution in [0.4, 0.5) is 17.1 Å². The molecule has 3 heteroatoms. The SMILES string of the molecule is CC1(C)c2ccccc2-c2ccc(N(c3ccc(-c4ccccc4)cc3)c3ccc(-c4ccc5c(c4)c4sc6ccccc6c4n5-c4cc(-c5ccccc5)cc(-c5ccccc5)c4)cc3)cc21. The first-order chi connectivity index (χ1) is 33.5. The molecule has 0 aliphatic heterocycles. The zero-order valence-corrected chi connectivity index (χ0v) is 38.7. The molecule has 10 aromatic carbocycles. The van der Waals surface area contributed by atoms with Crippen LogP contribution < -0.4 is 4.90 Å². The second-order valence-electron chi connectivity index (χ2n) is 18.5. The maximum atomic E-state index is 2.51. The van der Waals surface area contributed by atoms with Crippen molar-refractivity contribution in [3.63, 3.8) is 0 Å². The Balaban J connectivity index is 0.935. The number of benzene rings is 10. The summed E-state index contributed by atoms with van der Waals surface area (Å²) < 4.78 is 5.10. The number of hydrogen-bond acceptors (Lipinski definition) is 2. The van der Waals surface area contributed by atoms with E-state index in [0.717, 1.165) is 22.7 Å². The Kier molecular flexibility index (Phi) is 9.42. The Bertz CT molecular complexity index is 3790. The smallest absolute Gasteiger partial charge is 0.0727 e. The fourth-order valence-electron chi connectivity index (χ4n) is 10.8. The van der Waals surface area contributed by atoms with Gasteiger partial charge in [-0.3, -0.25) is 0 Å². The average molecular weight is 887 g/mol. The van der Waals surface area contributed by atoms with Crippen LogP contribution in [0, 0.1) is 0 Å². The number of nitrogens with zero attached hydrogens (tertiary/aromatic N) is 2. The van der Waals surface area contributed by atoms with Gasteiger partial charge in [0.25, 0.3) is 0 Å². The molecule has 0 saturated heterocycles. The molecule has 0 bridgehead atoms. The maximum Gasteiger partial charge on any atom is 0.0727 e. The van der Waals surface area contributed by atoms with Crippen LogP contribution in [0.25, 0.3) is 92.5 Å². The number of hydrogen-bond donors (Lipinski definition) is 0. The average Bonchev–Trinajstić information content (AvgIpc) is 4.01. The highest BCUT2D eigenvalue weighted by atomic mass is 32.1. The van der Waals surface area contributed by atoms with Gasteiger partial charge in [-0.1, -0.05) is 184 Å². The normalized spacial score (nSPS) is 12.7. The second kappa shape index (κ2) is 16.0. The molecule has 0 atom stereocenters. The van der Waals surface area contributed by atoms with E-state index in [1.165, 1.54) is 98.0 Å². The first-order valence-electron chi connectivity index (χ1n) is 23.5. The summed E-state index contributed by atoms with van der Waals surface area (Å²) in [5.74, 6) is 0. The lowest BCUT2D eigenvalue weighted by atomic mass is 9.82. The van der Waals surface area contributed by atoms with Gasteiger partial charge < -0.3 is 9.47 Å². The third-order valence-electron chi connectivity index (χ3n) is 14.2. The van der Waals surface area contributed by atoms with Gasteiger partial charge in [-0.2, -0.15) is 0 Å². The zero-order valence-electron chi connectivity index (χ0n) is 37.9. The molecule has 0 spiro atoms. The van der Waals surface area contributed by atoms with Gasteiger partial charge in [0.1, 0.15) is 0 Å². The summed E-state index contributed by atoms with van der Waals surface area (Å²) in [6, 6.07) is 89.2. The molecule has 0 amide bonds. The highest BCUT2D eigenvalue weighted by Crippen LogP contribution is 2.51. The van der Waals surface area contributed by atoms with E-state index < -0.39 is 0 Å². The van der Waals surface area contributed by atoms with Gasteiger partial charge in [0.2, 0.25) is 0 Å². The lowest BCUT2D eigenvalue weighted by molar-refractivity contribution is 0.660. The first kappa shape index (κ1) is 40.1. The second-order valence-corrected chi connectivity index (χ2v) is 19.6. The van der Waals surface area contributed by atoms with E-state index in [1.54, 1.807) is 0 Å². The number of thiophene rings is 1. The molecule has 2 heterocycles. The van der Waals surface area contributed by atoms with Crippen LogP contribution in [0.3, 0.4) is 0 Å². The number of fused-ring (bicyclic) bond motifs is 8. The summed E-state index contributed by atoms with van der Waals surface area (Å²) in [7, 11) is 0. The van der Waals surface area contributed by atoms with E-state index in [4.69, 9.17) is 0 Å². The summed E-state index contributed by atoms with van der Waals surface area (Å²) in [6.45, 7) is 4.72. The highest BCUT2D eigenvalue weighted by Gasteiger charge is 2.35. The van der Waals surface area contributed by atoms with Crippen molar-refractivity contribution in [3.05, 3.63) is 254 Å². The summed E-state index contributed by atoms with van der Waals surface area (Å²) in [6.07, 6.45) is 0. The summed E-state index contributed by atoms with van der Waals surface area (Å²) in [5, 5.41) is 2.53.